The van der Waals surface area contributed by atoms with E-state index in [0.717, 1.165) is 19.6 Å². The first kappa shape index (κ1) is 12.2. The molecular weight excluding hydrogens is 188 g/mol. The fourth-order valence-electron chi connectivity index (χ4n) is 1.63. The Bertz CT molecular complexity index is 269. The molecule has 0 saturated heterocycles. The Morgan fingerprint density at radius 2 is 2.27 bits per heavy atom. The molecule has 0 unspecified atom stereocenters. The lowest BCUT2D eigenvalue weighted by atomic mass is 10.2. The fourth-order valence-corrected chi connectivity index (χ4v) is 1.63. The first-order valence-electron chi connectivity index (χ1n) is 5.53. The van der Waals surface area contributed by atoms with Crippen LogP contribution in [0, 0.1) is 0 Å². The second kappa shape index (κ2) is 6.58. The zero-order chi connectivity index (χ0) is 11.1. The van der Waals surface area contributed by atoms with Gasteiger partial charge in [0.05, 0.1) is 6.20 Å². The maximum atomic E-state index is 4.16. The normalized spacial score (nSPS) is 11.2. The molecule has 4 nitrogen and oxygen atoms in total. The van der Waals surface area contributed by atoms with Gasteiger partial charge in [-0.25, -0.2) is 0 Å². The molecule has 0 radical (unpaired) electrons. The molecule has 1 aromatic heterocycles. The number of aryl methyl sites for hydroxylation is 1. The molecule has 0 aromatic carbocycles. The third kappa shape index (κ3) is 4.95. The molecule has 1 heterocycles. The average Bonchev–Trinajstić information content (AvgIpc) is 2.59. The Hall–Kier alpha value is -0.870. The number of nitrogens with zero attached hydrogens (tertiary/aromatic N) is 3. The molecule has 0 bridgehead atoms. The smallest absolute Gasteiger partial charge is 0.0534 e. The zero-order valence-electron chi connectivity index (χ0n) is 10.0. The SMILES string of the molecule is CNCCCCN(C)Cc1cnn(C)c1. The lowest BCUT2D eigenvalue weighted by Gasteiger charge is -2.15. The molecule has 4 heteroatoms. The summed E-state index contributed by atoms with van der Waals surface area (Å²) < 4.78 is 1.85. The summed E-state index contributed by atoms with van der Waals surface area (Å²) in [5, 5.41) is 7.32. The molecule has 0 fully saturated rings. The highest BCUT2D eigenvalue weighted by molar-refractivity contribution is 5.02. The average molecular weight is 210 g/mol. The summed E-state index contributed by atoms with van der Waals surface area (Å²) in [7, 11) is 6.11. The van der Waals surface area contributed by atoms with Crippen LogP contribution in [0.2, 0.25) is 0 Å². The summed E-state index contributed by atoms with van der Waals surface area (Å²) in [5.41, 5.74) is 1.29. The summed E-state index contributed by atoms with van der Waals surface area (Å²) in [4.78, 5) is 2.34. The monoisotopic (exact) mass is 210 g/mol. The molecule has 0 aliphatic heterocycles. The number of nitrogens with one attached hydrogen (secondary N) is 1. The maximum absolute atomic E-state index is 4.16. The van der Waals surface area contributed by atoms with Gasteiger partial charge in [-0.15, -0.1) is 0 Å². The molecule has 0 atom stereocenters. The molecule has 0 spiro atoms. The first-order valence-corrected chi connectivity index (χ1v) is 5.53. The lowest BCUT2D eigenvalue weighted by Crippen LogP contribution is -2.20. The highest BCUT2D eigenvalue weighted by Gasteiger charge is 2.01. The minimum Gasteiger partial charge on any atom is -0.320 e. The van der Waals surface area contributed by atoms with Crippen LogP contribution >= 0.6 is 0 Å². The van der Waals surface area contributed by atoms with E-state index in [9.17, 15) is 0 Å². The van der Waals surface area contributed by atoms with Crippen LogP contribution in [0.15, 0.2) is 12.4 Å². The highest BCUT2D eigenvalue weighted by Crippen LogP contribution is 2.02. The Labute approximate surface area is 92.3 Å². The fraction of sp³-hybridized carbons (Fsp3) is 0.727. The second-order valence-electron chi connectivity index (χ2n) is 4.07. The summed E-state index contributed by atoms with van der Waals surface area (Å²) in [5.74, 6) is 0. The summed E-state index contributed by atoms with van der Waals surface area (Å²) in [6.45, 7) is 3.25. The van der Waals surface area contributed by atoms with Gasteiger partial charge in [0, 0.05) is 25.4 Å². The van der Waals surface area contributed by atoms with Crippen molar-refractivity contribution < 1.29 is 0 Å². The van der Waals surface area contributed by atoms with Gasteiger partial charge in [0.15, 0.2) is 0 Å². The van der Waals surface area contributed by atoms with Crippen LogP contribution in [0.3, 0.4) is 0 Å². The van der Waals surface area contributed by atoms with Crippen molar-refractivity contribution in [1.29, 1.82) is 0 Å². The third-order valence-corrected chi connectivity index (χ3v) is 2.43. The predicted molar refractivity (Wildman–Crippen MR) is 62.7 cm³/mol. The van der Waals surface area contributed by atoms with Crippen LogP contribution in [0.25, 0.3) is 0 Å². The molecule has 15 heavy (non-hydrogen) atoms. The van der Waals surface area contributed by atoms with E-state index >= 15 is 0 Å². The minimum atomic E-state index is 0.993. The van der Waals surface area contributed by atoms with Crippen LogP contribution in [0.5, 0.6) is 0 Å². The van der Waals surface area contributed by atoms with E-state index in [-0.39, 0.29) is 0 Å². The summed E-state index contributed by atoms with van der Waals surface area (Å²) >= 11 is 0. The third-order valence-electron chi connectivity index (χ3n) is 2.43. The molecule has 0 amide bonds. The first-order chi connectivity index (χ1) is 7.22. The van der Waals surface area contributed by atoms with Crippen LogP contribution < -0.4 is 5.32 Å². The largest absolute Gasteiger partial charge is 0.320 e. The van der Waals surface area contributed by atoms with Gasteiger partial charge in [0.25, 0.3) is 0 Å². The lowest BCUT2D eigenvalue weighted by molar-refractivity contribution is 0.318. The molecule has 0 saturated carbocycles. The van der Waals surface area contributed by atoms with Gasteiger partial charge in [-0.3, -0.25) is 4.68 Å². The van der Waals surface area contributed by atoms with Gasteiger partial charge in [-0.05, 0) is 40.0 Å². The van der Waals surface area contributed by atoms with E-state index in [1.54, 1.807) is 0 Å². The van der Waals surface area contributed by atoms with E-state index in [1.165, 1.54) is 18.4 Å². The predicted octanol–water partition coefficient (Wildman–Crippen LogP) is 0.851. The van der Waals surface area contributed by atoms with Crippen molar-refractivity contribution >= 4 is 0 Å². The van der Waals surface area contributed by atoms with Crippen LogP contribution in [-0.2, 0) is 13.6 Å². The Balaban J connectivity index is 2.15. The number of aromatic nitrogens is 2. The van der Waals surface area contributed by atoms with Crippen molar-refractivity contribution in [3.63, 3.8) is 0 Å². The Morgan fingerprint density at radius 3 is 2.87 bits per heavy atom. The van der Waals surface area contributed by atoms with Gasteiger partial charge < -0.3 is 10.2 Å². The van der Waals surface area contributed by atoms with Crippen molar-refractivity contribution in [2.24, 2.45) is 7.05 Å². The Kier molecular flexibility index (Phi) is 5.36. The molecule has 1 rings (SSSR count). The number of hydrogen-bond donors (Lipinski definition) is 1. The van der Waals surface area contributed by atoms with Gasteiger partial charge in [0.2, 0.25) is 0 Å². The zero-order valence-corrected chi connectivity index (χ0v) is 10.0. The number of hydrogen-bond acceptors (Lipinski definition) is 3. The molecule has 1 aromatic rings. The quantitative estimate of drug-likeness (QED) is 0.677. The molecular formula is C11H22N4. The molecule has 86 valence electrons. The van der Waals surface area contributed by atoms with Crippen LogP contribution in [-0.4, -0.2) is 41.9 Å². The van der Waals surface area contributed by atoms with Crippen molar-refractivity contribution in [2.75, 3.05) is 27.2 Å². The summed E-state index contributed by atoms with van der Waals surface area (Å²) in [6, 6.07) is 0. The standard InChI is InChI=1S/C11H22N4/c1-12-6-4-5-7-14(2)9-11-8-13-15(3)10-11/h8,10,12H,4-7,9H2,1-3H3. The minimum absolute atomic E-state index is 0.993. The molecule has 0 aliphatic rings. The molecule has 1 N–H and O–H groups in total. The van der Waals surface area contributed by atoms with Crippen molar-refractivity contribution in [3.05, 3.63) is 18.0 Å². The number of rotatable bonds is 7. The van der Waals surface area contributed by atoms with E-state index in [2.05, 4.69) is 28.6 Å². The second-order valence-corrected chi connectivity index (χ2v) is 4.07. The van der Waals surface area contributed by atoms with Crippen molar-refractivity contribution in [3.8, 4) is 0 Å². The van der Waals surface area contributed by atoms with E-state index in [1.807, 2.05) is 25.0 Å². The van der Waals surface area contributed by atoms with Crippen molar-refractivity contribution in [2.45, 2.75) is 19.4 Å². The van der Waals surface area contributed by atoms with Gasteiger partial charge in [0.1, 0.15) is 0 Å². The van der Waals surface area contributed by atoms with Crippen LogP contribution in [0.1, 0.15) is 18.4 Å². The maximum Gasteiger partial charge on any atom is 0.0534 e. The van der Waals surface area contributed by atoms with Crippen molar-refractivity contribution in [1.82, 2.24) is 20.0 Å². The highest BCUT2D eigenvalue weighted by atomic mass is 15.2. The summed E-state index contributed by atoms with van der Waals surface area (Å²) in [6.07, 6.45) is 6.50. The number of unbranched alkanes of at least 4 members (excludes halogenated alkanes) is 1. The van der Waals surface area contributed by atoms with Gasteiger partial charge in [-0.2, -0.15) is 5.10 Å². The topological polar surface area (TPSA) is 33.1 Å². The van der Waals surface area contributed by atoms with E-state index < -0.39 is 0 Å². The van der Waals surface area contributed by atoms with Crippen LogP contribution in [0.4, 0.5) is 0 Å². The molecule has 0 aliphatic carbocycles. The van der Waals surface area contributed by atoms with E-state index in [0.29, 0.717) is 0 Å². The van der Waals surface area contributed by atoms with Gasteiger partial charge >= 0.3 is 0 Å². The van der Waals surface area contributed by atoms with E-state index in [4.69, 9.17) is 0 Å². The van der Waals surface area contributed by atoms with Gasteiger partial charge in [-0.1, -0.05) is 0 Å². The Morgan fingerprint density at radius 1 is 1.47 bits per heavy atom.